The molecule has 0 saturated heterocycles. The molecule has 0 saturated carbocycles. The van der Waals surface area contributed by atoms with Crippen molar-refractivity contribution < 1.29 is 39.6 Å². The van der Waals surface area contributed by atoms with E-state index in [2.05, 4.69) is 13.8 Å². The molecule has 0 bridgehead atoms. The zero-order valence-electron chi connectivity index (χ0n) is 31.0. The number of carboxylic acid groups (broad SMARTS) is 2. The van der Waals surface area contributed by atoms with E-state index in [9.17, 15) is 39.6 Å². The first kappa shape index (κ1) is 50.3. The quantitative estimate of drug-likeness (QED) is 0.0283. The molecule has 0 aromatic carbocycles. The zero-order chi connectivity index (χ0) is 35.9. The molecule has 0 aliphatic rings. The standard InChI is InChI=1S/C40H74O8.Na.H/c1-3-5-7-9-11-13-15-17-19-21-23-25-27-29-31-33-35(41)39(47,37(43)44)40(48,38(45)46)36(42)34-32-30-28-26-24-22-20-18-16-14-12-10-8-6-4-2;;/h47-48H,3-34H2,1-2H3,(H,43,44)(H,45,46);;. The van der Waals surface area contributed by atoms with Crippen LogP contribution in [0.5, 0.6) is 0 Å². The third kappa shape index (κ3) is 22.0. The van der Waals surface area contributed by atoms with Crippen LogP contribution >= 0.6 is 0 Å². The van der Waals surface area contributed by atoms with Crippen LogP contribution in [-0.4, -0.2) is 84.7 Å². The van der Waals surface area contributed by atoms with Crippen LogP contribution in [0.25, 0.3) is 0 Å². The van der Waals surface area contributed by atoms with Crippen molar-refractivity contribution in [3.05, 3.63) is 0 Å². The van der Waals surface area contributed by atoms with Crippen LogP contribution < -0.4 is 0 Å². The van der Waals surface area contributed by atoms with Gasteiger partial charge in [0.05, 0.1) is 0 Å². The molecule has 0 heterocycles. The maximum absolute atomic E-state index is 12.9. The molecule has 0 aromatic rings. The number of rotatable bonds is 37. The van der Waals surface area contributed by atoms with Gasteiger partial charge in [0.25, 0.3) is 11.2 Å². The fraction of sp³-hybridized carbons (Fsp3) is 0.900. The van der Waals surface area contributed by atoms with Crippen LogP contribution in [0.3, 0.4) is 0 Å². The van der Waals surface area contributed by atoms with Crippen LogP contribution in [-0.2, 0) is 19.2 Å². The second kappa shape index (κ2) is 33.1. The fourth-order valence-corrected chi connectivity index (χ4v) is 6.63. The second-order valence-electron chi connectivity index (χ2n) is 14.3. The van der Waals surface area contributed by atoms with Crippen molar-refractivity contribution in [1.29, 1.82) is 0 Å². The molecule has 49 heavy (non-hydrogen) atoms. The Morgan fingerprint density at radius 1 is 0.347 bits per heavy atom. The number of hydrogen-bond acceptors (Lipinski definition) is 6. The van der Waals surface area contributed by atoms with E-state index in [0.29, 0.717) is 12.8 Å². The molecule has 284 valence electrons. The van der Waals surface area contributed by atoms with Gasteiger partial charge in [-0.15, -0.1) is 0 Å². The van der Waals surface area contributed by atoms with Crippen LogP contribution in [0.2, 0.25) is 0 Å². The summed E-state index contributed by atoms with van der Waals surface area (Å²) in [4.78, 5) is 49.9. The van der Waals surface area contributed by atoms with Gasteiger partial charge in [-0.2, -0.15) is 0 Å². The first-order valence-electron chi connectivity index (χ1n) is 20.1. The first-order chi connectivity index (χ1) is 23.1. The molecule has 0 amide bonds. The van der Waals surface area contributed by atoms with Gasteiger partial charge in [0, 0.05) is 12.8 Å². The molecular weight excluding hydrogens is 631 g/mol. The monoisotopic (exact) mass is 707 g/mol. The van der Waals surface area contributed by atoms with Crippen molar-refractivity contribution in [3.8, 4) is 0 Å². The number of aliphatic carboxylic acids is 2. The normalized spacial score (nSPS) is 13.7. The number of carbonyl (C=O) groups is 4. The number of carbonyl (C=O) groups excluding carboxylic acids is 2. The van der Waals surface area contributed by atoms with Gasteiger partial charge in [0.1, 0.15) is 0 Å². The van der Waals surface area contributed by atoms with E-state index in [-0.39, 0.29) is 42.4 Å². The number of hydrogen-bond donors (Lipinski definition) is 4. The van der Waals surface area contributed by atoms with Crippen LogP contribution in [0.1, 0.15) is 219 Å². The van der Waals surface area contributed by atoms with E-state index < -0.39 is 47.5 Å². The van der Waals surface area contributed by atoms with Crippen LogP contribution in [0, 0.1) is 0 Å². The Hall–Kier alpha value is -0.800. The number of aliphatic hydroxyl groups is 2. The molecule has 4 N–H and O–H groups in total. The van der Waals surface area contributed by atoms with Crippen molar-refractivity contribution in [1.82, 2.24) is 0 Å². The predicted molar refractivity (Wildman–Crippen MR) is 201 cm³/mol. The van der Waals surface area contributed by atoms with Gasteiger partial charge in [-0.3, -0.25) is 9.59 Å². The first-order valence-corrected chi connectivity index (χ1v) is 20.1. The Kier molecular flexibility index (Phi) is 33.9. The van der Waals surface area contributed by atoms with E-state index >= 15 is 0 Å². The van der Waals surface area contributed by atoms with Gasteiger partial charge in [-0.05, 0) is 12.8 Å². The van der Waals surface area contributed by atoms with Crippen molar-refractivity contribution >= 4 is 53.1 Å². The van der Waals surface area contributed by atoms with Gasteiger partial charge in [-0.25, -0.2) is 9.59 Å². The molecule has 8 nitrogen and oxygen atoms in total. The van der Waals surface area contributed by atoms with Gasteiger partial charge in [0.2, 0.25) is 0 Å². The summed E-state index contributed by atoms with van der Waals surface area (Å²) < 4.78 is 0. The summed E-state index contributed by atoms with van der Waals surface area (Å²) >= 11 is 0. The maximum atomic E-state index is 12.9. The fourth-order valence-electron chi connectivity index (χ4n) is 6.63. The van der Waals surface area contributed by atoms with Gasteiger partial charge < -0.3 is 20.4 Å². The minimum absolute atomic E-state index is 0. The Morgan fingerprint density at radius 3 is 0.673 bits per heavy atom. The van der Waals surface area contributed by atoms with E-state index in [4.69, 9.17) is 0 Å². The van der Waals surface area contributed by atoms with Crippen LogP contribution in [0.15, 0.2) is 0 Å². The molecule has 0 rings (SSSR count). The summed E-state index contributed by atoms with van der Waals surface area (Å²) in [7, 11) is 0. The van der Waals surface area contributed by atoms with Crippen molar-refractivity contribution in [2.24, 2.45) is 0 Å². The number of Topliss-reactive ketones (excluding diaryl/α,β-unsaturated/α-hetero) is 2. The molecule has 0 fully saturated rings. The Morgan fingerprint density at radius 2 is 0.510 bits per heavy atom. The third-order valence-electron chi connectivity index (χ3n) is 9.96. The van der Waals surface area contributed by atoms with Crippen molar-refractivity contribution in [3.63, 3.8) is 0 Å². The predicted octanol–water partition coefficient (Wildman–Crippen LogP) is 9.63. The molecular formula is C40H75NaO8. The SMILES string of the molecule is CCCCCCCCCCCCCCCCCC(=O)C(O)(C(=O)O)C(O)(C(=O)O)C(=O)CCCCCCCCCCCCCCCCC.[NaH]. The summed E-state index contributed by atoms with van der Waals surface area (Å²) in [6, 6.07) is 0. The van der Waals surface area contributed by atoms with Gasteiger partial charge in [-0.1, -0.05) is 194 Å². The number of carboxylic acids is 2. The third-order valence-corrected chi connectivity index (χ3v) is 9.96. The summed E-state index contributed by atoms with van der Waals surface area (Å²) in [5, 5.41) is 41.2. The summed E-state index contributed by atoms with van der Waals surface area (Å²) in [5.74, 6) is -7.13. The Labute approximate surface area is 321 Å². The average molecular weight is 707 g/mol. The molecule has 0 aliphatic heterocycles. The molecule has 0 radical (unpaired) electrons. The number of ketones is 2. The Balaban J connectivity index is 0. The van der Waals surface area contributed by atoms with E-state index in [1.54, 1.807) is 0 Å². The van der Waals surface area contributed by atoms with Gasteiger partial charge in [0.15, 0.2) is 11.6 Å². The van der Waals surface area contributed by atoms with E-state index in [0.717, 1.165) is 51.4 Å². The molecule has 0 aliphatic carbocycles. The second-order valence-corrected chi connectivity index (χ2v) is 14.3. The molecule has 2 unspecified atom stereocenters. The van der Waals surface area contributed by atoms with Gasteiger partial charge >= 0.3 is 41.5 Å². The molecule has 9 heteroatoms. The van der Waals surface area contributed by atoms with Crippen molar-refractivity contribution in [2.45, 2.75) is 231 Å². The van der Waals surface area contributed by atoms with Crippen molar-refractivity contribution in [2.75, 3.05) is 0 Å². The average Bonchev–Trinajstić information content (AvgIpc) is 3.06. The number of unbranched alkanes of at least 4 members (excludes halogenated alkanes) is 28. The van der Waals surface area contributed by atoms with E-state index in [1.165, 1.54) is 116 Å². The molecule has 0 spiro atoms. The summed E-state index contributed by atoms with van der Waals surface area (Å²) in [6.45, 7) is 4.46. The van der Waals surface area contributed by atoms with E-state index in [1.807, 2.05) is 0 Å². The zero-order valence-corrected chi connectivity index (χ0v) is 31.0. The Bertz CT molecular complexity index is 782. The molecule has 0 aromatic heterocycles. The summed E-state index contributed by atoms with van der Waals surface area (Å²) in [6.07, 6.45) is 32.3. The minimum atomic E-state index is -3.73. The summed E-state index contributed by atoms with van der Waals surface area (Å²) in [5.41, 5.74) is -7.47. The topological polar surface area (TPSA) is 149 Å². The molecule has 2 atom stereocenters. The van der Waals surface area contributed by atoms with Crippen LogP contribution in [0.4, 0.5) is 0 Å².